The number of nitrogens with one attached hydrogen (secondary N) is 1. The van der Waals surface area contributed by atoms with Crippen molar-refractivity contribution in [1.29, 1.82) is 0 Å². The molecular formula is C19H16F3N5O4S. The van der Waals surface area contributed by atoms with E-state index in [0.717, 1.165) is 15.2 Å². The fraction of sp³-hybridized carbons (Fsp3) is 0.211. The van der Waals surface area contributed by atoms with Gasteiger partial charge in [-0.25, -0.2) is 4.98 Å². The topological polar surface area (TPSA) is 111 Å². The lowest BCUT2D eigenvalue weighted by Gasteiger charge is -2.12. The number of ether oxygens (including phenoxy) is 1. The molecule has 2 aromatic heterocycles. The van der Waals surface area contributed by atoms with Crippen molar-refractivity contribution in [2.24, 2.45) is 14.1 Å². The van der Waals surface area contributed by atoms with Gasteiger partial charge in [0, 0.05) is 25.5 Å². The first-order chi connectivity index (χ1) is 14.9. The lowest BCUT2D eigenvalue weighted by Crippen LogP contribution is -2.30. The maximum absolute atomic E-state index is 12.9. The number of halogens is 3. The molecule has 0 fully saturated rings. The van der Waals surface area contributed by atoms with Gasteiger partial charge in [-0.3, -0.25) is 18.7 Å². The van der Waals surface area contributed by atoms with Gasteiger partial charge >= 0.3 is 12.2 Å². The van der Waals surface area contributed by atoms with Gasteiger partial charge in [-0.15, -0.1) is 0 Å². The SMILES string of the molecule is Cc1cc(C(F)(F)F)nc(Oc2ccc(NC(=O)c3c(O)n(C)c(=S)n(C)c3=O)cc2)n1. The van der Waals surface area contributed by atoms with Crippen LogP contribution >= 0.6 is 12.2 Å². The second kappa shape index (κ2) is 8.42. The van der Waals surface area contributed by atoms with Gasteiger partial charge in [0.1, 0.15) is 5.75 Å². The number of carbonyl (C=O) groups is 1. The van der Waals surface area contributed by atoms with E-state index in [1.54, 1.807) is 0 Å². The Balaban J connectivity index is 1.81. The molecular weight excluding hydrogens is 451 g/mol. The number of carbonyl (C=O) groups excluding carboxylic acids is 1. The smallest absolute Gasteiger partial charge is 0.433 e. The van der Waals surface area contributed by atoms with Gasteiger partial charge in [-0.05, 0) is 49.5 Å². The Morgan fingerprint density at radius 2 is 1.78 bits per heavy atom. The monoisotopic (exact) mass is 467 g/mol. The van der Waals surface area contributed by atoms with Gasteiger partial charge < -0.3 is 15.2 Å². The molecule has 0 bridgehead atoms. The number of benzene rings is 1. The van der Waals surface area contributed by atoms with E-state index in [2.05, 4.69) is 15.3 Å². The molecule has 0 saturated heterocycles. The molecule has 13 heteroatoms. The van der Waals surface area contributed by atoms with Crippen LogP contribution in [0.5, 0.6) is 17.6 Å². The molecule has 1 aromatic carbocycles. The van der Waals surface area contributed by atoms with Crippen LogP contribution in [0.2, 0.25) is 0 Å². The van der Waals surface area contributed by atoms with E-state index in [-0.39, 0.29) is 21.9 Å². The first kappa shape index (κ1) is 22.9. The lowest BCUT2D eigenvalue weighted by molar-refractivity contribution is -0.141. The number of hydrogen-bond donors (Lipinski definition) is 2. The van der Waals surface area contributed by atoms with Crippen molar-refractivity contribution < 1.29 is 27.8 Å². The van der Waals surface area contributed by atoms with Crippen molar-refractivity contribution in [3.05, 3.63) is 62.4 Å². The average molecular weight is 467 g/mol. The third-order valence-electron chi connectivity index (χ3n) is 4.31. The number of aromatic nitrogens is 4. The normalized spacial score (nSPS) is 11.3. The number of hydrogen-bond acceptors (Lipinski definition) is 7. The maximum atomic E-state index is 12.9. The van der Waals surface area contributed by atoms with Crippen molar-refractivity contribution in [1.82, 2.24) is 19.1 Å². The van der Waals surface area contributed by atoms with Crippen LogP contribution in [0.1, 0.15) is 21.7 Å². The predicted molar refractivity (Wildman–Crippen MR) is 109 cm³/mol. The summed E-state index contributed by atoms with van der Waals surface area (Å²) in [5.41, 5.74) is -2.11. The summed E-state index contributed by atoms with van der Waals surface area (Å²) in [6.45, 7) is 1.38. The van der Waals surface area contributed by atoms with E-state index in [1.807, 2.05) is 0 Å². The van der Waals surface area contributed by atoms with Crippen molar-refractivity contribution >= 4 is 23.8 Å². The Morgan fingerprint density at radius 3 is 2.38 bits per heavy atom. The first-order valence-electron chi connectivity index (χ1n) is 8.89. The maximum Gasteiger partial charge on any atom is 0.433 e. The van der Waals surface area contributed by atoms with E-state index in [0.29, 0.717) is 0 Å². The number of aryl methyl sites for hydroxylation is 1. The van der Waals surface area contributed by atoms with Gasteiger partial charge in [-0.2, -0.15) is 18.2 Å². The lowest BCUT2D eigenvalue weighted by atomic mass is 10.2. The van der Waals surface area contributed by atoms with Crippen molar-refractivity contribution in [2.75, 3.05) is 5.32 Å². The summed E-state index contributed by atoms with van der Waals surface area (Å²) >= 11 is 5.00. The molecule has 0 unspecified atom stereocenters. The molecule has 1 amide bonds. The van der Waals surface area contributed by atoms with E-state index in [1.165, 1.54) is 45.3 Å². The minimum absolute atomic E-state index is 0.0256. The number of nitrogens with zero attached hydrogens (tertiary/aromatic N) is 4. The summed E-state index contributed by atoms with van der Waals surface area (Å²) < 4.78 is 46.1. The van der Waals surface area contributed by atoms with E-state index < -0.39 is 40.8 Å². The second-order valence-corrected chi connectivity index (χ2v) is 7.02. The molecule has 3 rings (SSSR count). The summed E-state index contributed by atoms with van der Waals surface area (Å²) in [6.07, 6.45) is -4.65. The number of anilines is 1. The molecule has 3 aromatic rings. The zero-order valence-electron chi connectivity index (χ0n) is 16.9. The van der Waals surface area contributed by atoms with Crippen LogP contribution in [0.4, 0.5) is 18.9 Å². The van der Waals surface area contributed by atoms with E-state index >= 15 is 0 Å². The summed E-state index contributed by atoms with van der Waals surface area (Å²) in [7, 11) is 2.77. The van der Waals surface area contributed by atoms with Gasteiger partial charge in [0.15, 0.2) is 16.0 Å². The first-order valence-corrected chi connectivity index (χ1v) is 9.30. The Morgan fingerprint density at radius 1 is 1.16 bits per heavy atom. The van der Waals surface area contributed by atoms with E-state index in [9.17, 15) is 27.9 Å². The van der Waals surface area contributed by atoms with E-state index in [4.69, 9.17) is 17.0 Å². The number of amides is 1. The van der Waals surface area contributed by atoms with Gasteiger partial charge in [-0.1, -0.05) is 0 Å². The third-order valence-corrected chi connectivity index (χ3v) is 4.85. The standard InChI is InChI=1S/C19H16F3N5O4S/c1-9-8-12(19(20,21)22)25-17(23-9)31-11-6-4-10(5-7-11)24-14(28)13-15(29)26(2)18(32)27(3)16(13)30/h4-8,29H,1-3H3,(H,24,28). The van der Waals surface area contributed by atoms with Crippen LogP contribution in [-0.2, 0) is 20.3 Å². The van der Waals surface area contributed by atoms with Crippen molar-refractivity contribution in [2.45, 2.75) is 13.1 Å². The Kier molecular flexibility index (Phi) is 6.03. The molecule has 0 radical (unpaired) electrons. The molecule has 0 saturated carbocycles. The Labute approximate surface area is 183 Å². The summed E-state index contributed by atoms with van der Waals surface area (Å²) in [5.74, 6) is -1.35. The Hall–Kier alpha value is -3.74. The van der Waals surface area contributed by atoms with Crippen LogP contribution in [0.25, 0.3) is 0 Å². The van der Waals surface area contributed by atoms with Crippen LogP contribution in [0.3, 0.4) is 0 Å². The van der Waals surface area contributed by atoms with Crippen LogP contribution in [-0.4, -0.2) is 30.1 Å². The quantitative estimate of drug-likeness (QED) is 0.566. The number of aromatic hydroxyl groups is 1. The zero-order chi connectivity index (χ0) is 23.8. The highest BCUT2D eigenvalue weighted by Crippen LogP contribution is 2.30. The van der Waals surface area contributed by atoms with Crippen molar-refractivity contribution in [3.63, 3.8) is 0 Å². The number of alkyl halides is 3. The molecule has 0 aliphatic rings. The fourth-order valence-electron chi connectivity index (χ4n) is 2.67. The molecule has 2 N–H and O–H groups in total. The highest BCUT2D eigenvalue weighted by molar-refractivity contribution is 7.71. The average Bonchev–Trinajstić information content (AvgIpc) is 2.71. The summed E-state index contributed by atoms with van der Waals surface area (Å²) in [5, 5.41) is 12.6. The number of rotatable bonds is 4. The molecule has 32 heavy (non-hydrogen) atoms. The molecule has 9 nitrogen and oxygen atoms in total. The highest BCUT2D eigenvalue weighted by atomic mass is 32.1. The molecule has 168 valence electrons. The van der Waals surface area contributed by atoms with Crippen molar-refractivity contribution in [3.8, 4) is 17.6 Å². The summed E-state index contributed by atoms with van der Waals surface area (Å²) in [4.78, 5) is 32.0. The molecule has 0 atom stereocenters. The van der Waals surface area contributed by atoms with Crippen LogP contribution < -0.4 is 15.6 Å². The molecule has 0 aliphatic heterocycles. The largest absolute Gasteiger partial charge is 0.494 e. The second-order valence-electron chi connectivity index (χ2n) is 6.66. The molecule has 0 spiro atoms. The minimum Gasteiger partial charge on any atom is -0.494 e. The van der Waals surface area contributed by atoms with Gasteiger partial charge in [0.2, 0.25) is 5.88 Å². The van der Waals surface area contributed by atoms with Gasteiger partial charge in [0.25, 0.3) is 11.5 Å². The highest BCUT2D eigenvalue weighted by Gasteiger charge is 2.33. The minimum atomic E-state index is -4.65. The Bertz CT molecular complexity index is 1320. The molecule has 0 aliphatic carbocycles. The summed E-state index contributed by atoms with van der Waals surface area (Å²) in [6, 6.07) is 5.80. The fourth-order valence-corrected chi connectivity index (χ4v) is 2.84. The van der Waals surface area contributed by atoms with Crippen LogP contribution in [0.15, 0.2) is 35.1 Å². The third kappa shape index (κ3) is 4.61. The molecule has 2 heterocycles. The van der Waals surface area contributed by atoms with Crippen LogP contribution in [0, 0.1) is 11.7 Å². The predicted octanol–water partition coefficient (Wildman–Crippen LogP) is 3.32. The zero-order valence-corrected chi connectivity index (χ0v) is 17.7. The van der Waals surface area contributed by atoms with Gasteiger partial charge in [0.05, 0.1) is 0 Å².